The summed E-state index contributed by atoms with van der Waals surface area (Å²) in [6.45, 7) is 6.05. The molecule has 276 valence electrons. The van der Waals surface area contributed by atoms with Crippen LogP contribution in [0.2, 0.25) is 0 Å². The van der Waals surface area contributed by atoms with Gasteiger partial charge < -0.3 is 25.2 Å². The molecule has 1 saturated heterocycles. The molecule has 54 heavy (non-hydrogen) atoms. The highest BCUT2D eigenvalue weighted by molar-refractivity contribution is 5.83. The normalized spacial score (nSPS) is 19.1. The number of amides is 2. The van der Waals surface area contributed by atoms with Gasteiger partial charge in [0.25, 0.3) is 0 Å². The van der Waals surface area contributed by atoms with E-state index in [1.807, 2.05) is 60.7 Å². The van der Waals surface area contributed by atoms with Crippen LogP contribution < -0.4 is 10.6 Å². The first-order valence-corrected chi connectivity index (χ1v) is 18.8. The van der Waals surface area contributed by atoms with E-state index in [9.17, 15) is 9.90 Å². The highest BCUT2D eigenvalue weighted by Gasteiger charge is 2.39. The second-order valence-electron chi connectivity index (χ2n) is 14.4. The topological polar surface area (TPSA) is 83.1 Å². The number of ether oxygens (including phenoxy) is 2. The minimum Gasteiger partial charge on any atom is -0.392 e. The van der Waals surface area contributed by atoms with Gasteiger partial charge in [0.1, 0.15) is 0 Å². The van der Waals surface area contributed by atoms with Gasteiger partial charge in [-0.1, -0.05) is 134 Å². The number of hydrogen-bond donors (Lipinski definition) is 3. The van der Waals surface area contributed by atoms with Gasteiger partial charge in [-0.3, -0.25) is 4.90 Å². The first-order valence-electron chi connectivity index (χ1n) is 18.8. The van der Waals surface area contributed by atoms with E-state index in [1.54, 1.807) is 0 Å². The highest BCUT2D eigenvalue weighted by Crippen LogP contribution is 2.43. The molecule has 6 aromatic carbocycles. The van der Waals surface area contributed by atoms with Gasteiger partial charge in [0.2, 0.25) is 0 Å². The summed E-state index contributed by atoms with van der Waals surface area (Å²) in [5.74, 6) is 0.0599. The van der Waals surface area contributed by atoms with Crippen molar-refractivity contribution in [3.05, 3.63) is 179 Å². The molecule has 1 aliphatic rings. The summed E-state index contributed by atoms with van der Waals surface area (Å²) < 4.78 is 13.7. The Kier molecular flexibility index (Phi) is 11.8. The summed E-state index contributed by atoms with van der Waals surface area (Å²) in [6, 6.07) is 49.7. The summed E-state index contributed by atoms with van der Waals surface area (Å²) >= 11 is 0. The average Bonchev–Trinajstić information content (AvgIpc) is 3.23. The van der Waals surface area contributed by atoms with E-state index < -0.39 is 6.29 Å². The quantitative estimate of drug-likeness (QED) is 0.117. The maximum Gasteiger partial charge on any atom is 0.315 e. The van der Waals surface area contributed by atoms with Crippen LogP contribution in [-0.2, 0) is 29.2 Å². The number of carbonyl (C=O) groups excluding carboxylic acids is 1. The molecule has 1 heterocycles. The van der Waals surface area contributed by atoms with E-state index in [4.69, 9.17) is 9.47 Å². The highest BCUT2D eigenvalue weighted by atomic mass is 16.7. The van der Waals surface area contributed by atoms with Crippen molar-refractivity contribution in [1.29, 1.82) is 0 Å². The number of carbonyl (C=O) groups is 1. The Labute approximate surface area is 318 Å². The standard InChI is InChI=1S/C47H49N3O4/c1-32-44(30-50(3)33(2)39-24-23-37-14-7-8-15-41(37)26-39)53-46(54-45(32)38-21-19-35(31-51)20-22-38)43-18-10-17-42(27-43)40-16-9-13-36(25-40)29-49-47(52)48-28-34-11-5-4-6-12-34/h4-27,32-33,44-46,51H,28-31H2,1-3H3,(H2,48,49,52). The average molecular weight is 720 g/mol. The largest absolute Gasteiger partial charge is 0.392 e. The van der Waals surface area contributed by atoms with E-state index in [1.165, 1.54) is 16.3 Å². The van der Waals surface area contributed by atoms with E-state index in [-0.39, 0.29) is 36.8 Å². The molecule has 7 heteroatoms. The third-order valence-electron chi connectivity index (χ3n) is 10.7. The van der Waals surface area contributed by atoms with Gasteiger partial charge in [-0.25, -0.2) is 4.79 Å². The molecule has 7 rings (SSSR count). The predicted molar refractivity (Wildman–Crippen MR) is 215 cm³/mol. The lowest BCUT2D eigenvalue weighted by Crippen LogP contribution is -2.44. The summed E-state index contributed by atoms with van der Waals surface area (Å²) in [7, 11) is 2.17. The van der Waals surface area contributed by atoms with Gasteiger partial charge in [-0.05, 0) is 81.9 Å². The number of urea groups is 1. The molecule has 5 unspecified atom stereocenters. The van der Waals surface area contributed by atoms with Gasteiger partial charge in [0.05, 0.1) is 18.8 Å². The van der Waals surface area contributed by atoms with Gasteiger partial charge >= 0.3 is 6.03 Å². The van der Waals surface area contributed by atoms with Crippen molar-refractivity contribution in [2.45, 2.75) is 58.1 Å². The fourth-order valence-corrected chi connectivity index (χ4v) is 7.24. The van der Waals surface area contributed by atoms with E-state index in [0.717, 1.165) is 38.9 Å². The number of aliphatic hydroxyl groups excluding tert-OH is 1. The first-order chi connectivity index (χ1) is 26.3. The zero-order chi connectivity index (χ0) is 37.4. The van der Waals surface area contributed by atoms with Crippen LogP contribution >= 0.6 is 0 Å². The third-order valence-corrected chi connectivity index (χ3v) is 10.7. The molecule has 0 spiro atoms. The molecule has 0 aliphatic carbocycles. The molecule has 7 nitrogen and oxygen atoms in total. The van der Waals surface area contributed by atoms with Crippen molar-refractivity contribution in [3.8, 4) is 11.1 Å². The van der Waals surface area contributed by atoms with Crippen LogP contribution in [0, 0.1) is 5.92 Å². The van der Waals surface area contributed by atoms with Gasteiger partial charge in [0.15, 0.2) is 6.29 Å². The van der Waals surface area contributed by atoms with E-state index in [2.05, 4.69) is 121 Å². The van der Waals surface area contributed by atoms with Crippen LogP contribution in [0.25, 0.3) is 21.9 Å². The zero-order valence-corrected chi connectivity index (χ0v) is 31.2. The van der Waals surface area contributed by atoms with E-state index in [0.29, 0.717) is 19.6 Å². The molecular formula is C47H49N3O4. The van der Waals surface area contributed by atoms with Crippen molar-refractivity contribution in [1.82, 2.24) is 15.5 Å². The van der Waals surface area contributed by atoms with Gasteiger partial charge in [0, 0.05) is 37.2 Å². The lowest BCUT2D eigenvalue weighted by atomic mass is 9.89. The second-order valence-corrected chi connectivity index (χ2v) is 14.4. The molecule has 0 aromatic heterocycles. The van der Waals surface area contributed by atoms with Crippen LogP contribution in [-0.4, -0.2) is 35.7 Å². The third kappa shape index (κ3) is 8.89. The molecule has 3 N–H and O–H groups in total. The second kappa shape index (κ2) is 17.2. The summed E-state index contributed by atoms with van der Waals surface area (Å²) in [5, 5.41) is 18.1. The minimum absolute atomic E-state index is 0.00131. The number of aliphatic hydroxyl groups is 1. The van der Waals surface area contributed by atoms with Crippen molar-refractivity contribution in [2.24, 2.45) is 5.92 Å². The van der Waals surface area contributed by atoms with Gasteiger partial charge in [-0.15, -0.1) is 0 Å². The fourth-order valence-electron chi connectivity index (χ4n) is 7.24. The van der Waals surface area contributed by atoms with E-state index >= 15 is 0 Å². The summed E-state index contributed by atoms with van der Waals surface area (Å²) in [6.07, 6.45) is -0.918. The SMILES string of the molecule is CC1C(CN(C)C(C)c2ccc3ccccc3c2)OC(c2cccc(-c3cccc(CNC(=O)NCc4ccccc4)c3)c2)OC1c1ccc(CO)cc1. The zero-order valence-electron chi connectivity index (χ0n) is 31.2. The Morgan fingerprint density at radius 3 is 2.11 bits per heavy atom. The Bertz CT molecular complexity index is 2160. The number of nitrogens with one attached hydrogen (secondary N) is 2. The number of hydrogen-bond acceptors (Lipinski definition) is 5. The maximum absolute atomic E-state index is 12.5. The number of fused-ring (bicyclic) bond motifs is 1. The molecule has 6 aromatic rings. The smallest absolute Gasteiger partial charge is 0.315 e. The molecule has 2 amide bonds. The van der Waals surface area contributed by atoms with Crippen LogP contribution in [0.15, 0.2) is 146 Å². The van der Waals surface area contributed by atoms with Crippen molar-refractivity contribution < 1.29 is 19.4 Å². The number of nitrogens with zero attached hydrogens (tertiary/aromatic N) is 1. The molecule has 0 saturated carbocycles. The summed E-state index contributed by atoms with van der Waals surface area (Å²) in [5.41, 5.74) is 8.27. The van der Waals surface area contributed by atoms with Crippen molar-refractivity contribution in [2.75, 3.05) is 13.6 Å². The number of likely N-dealkylation sites (N-methyl/N-ethyl adjacent to an activating group) is 1. The Balaban J connectivity index is 1.08. The van der Waals surface area contributed by atoms with Crippen LogP contribution in [0.1, 0.15) is 65.7 Å². The lowest BCUT2D eigenvalue weighted by Gasteiger charge is -2.43. The predicted octanol–water partition coefficient (Wildman–Crippen LogP) is 9.48. The molecular weight excluding hydrogens is 671 g/mol. The molecule has 0 radical (unpaired) electrons. The number of benzene rings is 6. The Morgan fingerprint density at radius 1 is 0.685 bits per heavy atom. The molecule has 0 bridgehead atoms. The van der Waals surface area contributed by atoms with Crippen LogP contribution in [0.4, 0.5) is 4.79 Å². The minimum atomic E-state index is -0.587. The molecule has 5 atom stereocenters. The fraction of sp³-hybridized carbons (Fsp3) is 0.255. The van der Waals surface area contributed by atoms with Crippen molar-refractivity contribution >= 4 is 16.8 Å². The lowest BCUT2D eigenvalue weighted by molar-refractivity contribution is -0.276. The molecule has 1 fully saturated rings. The first kappa shape index (κ1) is 37.0. The Morgan fingerprint density at radius 2 is 1.35 bits per heavy atom. The van der Waals surface area contributed by atoms with Crippen molar-refractivity contribution in [3.63, 3.8) is 0 Å². The van der Waals surface area contributed by atoms with Crippen LogP contribution in [0.3, 0.4) is 0 Å². The number of rotatable bonds is 12. The maximum atomic E-state index is 12.5. The summed E-state index contributed by atoms with van der Waals surface area (Å²) in [4.78, 5) is 14.9. The Hall–Kier alpha value is -5.31. The molecule has 1 aliphatic heterocycles. The van der Waals surface area contributed by atoms with Crippen LogP contribution in [0.5, 0.6) is 0 Å². The van der Waals surface area contributed by atoms with Gasteiger partial charge in [-0.2, -0.15) is 0 Å². The monoisotopic (exact) mass is 719 g/mol.